The lowest BCUT2D eigenvalue weighted by Gasteiger charge is -2.14. The minimum Gasteiger partial charge on any atom is -0.326 e. The molecule has 1 fully saturated rings. The maximum Gasteiger partial charge on any atom is 0.229 e. The number of anilines is 2. The summed E-state index contributed by atoms with van der Waals surface area (Å²) in [7, 11) is 0. The number of nitrogens with zero attached hydrogens (tertiary/aromatic N) is 2. The van der Waals surface area contributed by atoms with Gasteiger partial charge in [-0.15, -0.1) is 0 Å². The topological polar surface area (TPSA) is 78.1 Å². The number of amides is 2. The van der Waals surface area contributed by atoms with Crippen LogP contribution < -0.4 is 10.2 Å². The Morgan fingerprint density at radius 3 is 2.92 bits per heavy atom. The fourth-order valence-electron chi connectivity index (χ4n) is 3.21. The molecule has 0 spiro atoms. The summed E-state index contributed by atoms with van der Waals surface area (Å²) >= 11 is 0. The number of benzene rings is 2. The molecule has 2 aromatic carbocycles. The third kappa shape index (κ3) is 2.87. The molecule has 126 valence electrons. The minimum absolute atomic E-state index is 0.0818. The number of aromatic nitrogens is 2. The highest BCUT2D eigenvalue weighted by Gasteiger charge is 2.36. The molecule has 25 heavy (non-hydrogen) atoms. The summed E-state index contributed by atoms with van der Waals surface area (Å²) in [4.78, 5) is 26.6. The zero-order chi connectivity index (χ0) is 17.4. The van der Waals surface area contributed by atoms with Gasteiger partial charge in [0.2, 0.25) is 11.8 Å². The Balaban J connectivity index is 1.53. The van der Waals surface area contributed by atoms with Gasteiger partial charge in [-0.1, -0.05) is 24.3 Å². The fourth-order valence-corrected chi connectivity index (χ4v) is 3.21. The summed E-state index contributed by atoms with van der Waals surface area (Å²) in [5.41, 5.74) is 2.70. The molecular weight excluding hydrogens is 316 g/mol. The number of para-hydroxylation sites is 1. The van der Waals surface area contributed by atoms with E-state index in [-0.39, 0.29) is 24.2 Å². The predicted octanol–water partition coefficient (Wildman–Crippen LogP) is 2.86. The van der Waals surface area contributed by atoms with Gasteiger partial charge in [-0.05, 0) is 36.8 Å². The molecule has 2 N–H and O–H groups in total. The highest BCUT2D eigenvalue weighted by atomic mass is 16.2. The number of aryl methyl sites for hydroxylation is 1. The van der Waals surface area contributed by atoms with Gasteiger partial charge in [0.25, 0.3) is 0 Å². The van der Waals surface area contributed by atoms with Crippen LogP contribution >= 0.6 is 0 Å². The van der Waals surface area contributed by atoms with Crippen LogP contribution in [0.1, 0.15) is 12.0 Å². The lowest BCUT2D eigenvalue weighted by atomic mass is 10.1. The van der Waals surface area contributed by atoms with Gasteiger partial charge in [-0.25, -0.2) is 0 Å². The van der Waals surface area contributed by atoms with Crippen LogP contribution in [0.3, 0.4) is 0 Å². The van der Waals surface area contributed by atoms with Gasteiger partial charge < -0.3 is 5.32 Å². The van der Waals surface area contributed by atoms with Crippen molar-refractivity contribution >= 4 is 34.2 Å². The minimum atomic E-state index is -0.386. The van der Waals surface area contributed by atoms with E-state index in [1.54, 1.807) is 4.90 Å². The van der Waals surface area contributed by atoms with Crippen molar-refractivity contribution in [3.8, 4) is 0 Å². The second kappa shape index (κ2) is 6.05. The van der Waals surface area contributed by atoms with Gasteiger partial charge in [0.15, 0.2) is 5.82 Å². The maximum absolute atomic E-state index is 12.5. The largest absolute Gasteiger partial charge is 0.326 e. The van der Waals surface area contributed by atoms with Gasteiger partial charge in [0.1, 0.15) is 0 Å². The third-order valence-electron chi connectivity index (χ3n) is 4.49. The van der Waals surface area contributed by atoms with Gasteiger partial charge in [0, 0.05) is 24.0 Å². The maximum atomic E-state index is 12.5. The van der Waals surface area contributed by atoms with Crippen LogP contribution in [-0.4, -0.2) is 28.6 Å². The van der Waals surface area contributed by atoms with Crippen LogP contribution in [0.2, 0.25) is 0 Å². The quantitative estimate of drug-likeness (QED) is 0.773. The van der Waals surface area contributed by atoms with Gasteiger partial charge >= 0.3 is 0 Å². The molecule has 2 amide bonds. The van der Waals surface area contributed by atoms with Crippen LogP contribution in [0.25, 0.3) is 10.9 Å². The first-order valence-electron chi connectivity index (χ1n) is 8.23. The normalized spacial score (nSPS) is 17.2. The molecule has 0 bridgehead atoms. The molecule has 1 saturated heterocycles. The van der Waals surface area contributed by atoms with Crippen LogP contribution in [0.15, 0.2) is 48.5 Å². The van der Waals surface area contributed by atoms with Crippen molar-refractivity contribution in [2.75, 3.05) is 16.8 Å². The van der Waals surface area contributed by atoms with Crippen LogP contribution in [0.5, 0.6) is 0 Å². The molecule has 0 saturated carbocycles. The average molecular weight is 334 g/mol. The molecule has 1 aliphatic heterocycles. The zero-order valence-electron chi connectivity index (χ0n) is 13.8. The summed E-state index contributed by atoms with van der Waals surface area (Å²) in [5.74, 6) is -0.0159. The van der Waals surface area contributed by atoms with E-state index in [1.807, 2.05) is 55.5 Å². The van der Waals surface area contributed by atoms with E-state index in [0.717, 1.165) is 22.2 Å². The van der Waals surface area contributed by atoms with E-state index in [0.29, 0.717) is 12.4 Å². The van der Waals surface area contributed by atoms with E-state index in [4.69, 9.17) is 0 Å². The third-order valence-corrected chi connectivity index (χ3v) is 4.49. The molecule has 6 nitrogen and oxygen atoms in total. The van der Waals surface area contributed by atoms with Crippen molar-refractivity contribution in [3.63, 3.8) is 0 Å². The van der Waals surface area contributed by atoms with Crippen molar-refractivity contribution in [1.29, 1.82) is 0 Å². The zero-order valence-corrected chi connectivity index (χ0v) is 13.8. The Kier molecular flexibility index (Phi) is 3.72. The summed E-state index contributed by atoms with van der Waals surface area (Å²) in [6, 6.07) is 15.3. The van der Waals surface area contributed by atoms with E-state index < -0.39 is 0 Å². The Morgan fingerprint density at radius 2 is 2.08 bits per heavy atom. The van der Waals surface area contributed by atoms with Crippen LogP contribution in [0, 0.1) is 12.8 Å². The molecule has 1 aromatic heterocycles. The molecule has 4 rings (SSSR count). The standard InChI is InChI=1S/C19H18N4O2/c1-12-5-4-6-14(9-12)20-19(25)13-10-17(24)23(11-13)18-15-7-2-3-8-16(15)21-22-18/h2-9,13H,10-11H2,1H3,(H,20,25)(H,21,22)/t13-/m1/s1. The smallest absolute Gasteiger partial charge is 0.229 e. The van der Waals surface area contributed by atoms with Gasteiger partial charge in [-0.2, -0.15) is 5.10 Å². The van der Waals surface area contributed by atoms with E-state index in [9.17, 15) is 9.59 Å². The van der Waals surface area contributed by atoms with Crippen molar-refractivity contribution < 1.29 is 9.59 Å². The lowest BCUT2D eigenvalue weighted by molar-refractivity contribution is -0.122. The fraction of sp³-hybridized carbons (Fsp3) is 0.211. The summed E-state index contributed by atoms with van der Waals surface area (Å²) in [5, 5.41) is 11.0. The number of hydrogen-bond acceptors (Lipinski definition) is 3. The molecule has 1 aliphatic rings. The molecule has 0 unspecified atom stereocenters. The second-order valence-corrected chi connectivity index (χ2v) is 6.36. The first-order chi connectivity index (χ1) is 12.1. The number of carbonyl (C=O) groups excluding carboxylic acids is 2. The number of carbonyl (C=O) groups is 2. The first-order valence-corrected chi connectivity index (χ1v) is 8.23. The molecule has 3 aromatic rings. The number of nitrogens with one attached hydrogen (secondary N) is 2. The van der Waals surface area contributed by atoms with Crippen molar-refractivity contribution in [2.24, 2.45) is 5.92 Å². The Bertz CT molecular complexity index is 963. The Labute approximate surface area is 144 Å². The first kappa shape index (κ1) is 15.4. The van der Waals surface area contributed by atoms with E-state index >= 15 is 0 Å². The monoisotopic (exact) mass is 334 g/mol. The van der Waals surface area contributed by atoms with Gasteiger partial charge in [-0.3, -0.25) is 19.6 Å². The average Bonchev–Trinajstić information content (AvgIpc) is 3.18. The molecule has 0 radical (unpaired) electrons. The molecule has 6 heteroatoms. The van der Waals surface area contributed by atoms with E-state index in [2.05, 4.69) is 15.5 Å². The SMILES string of the molecule is Cc1cccc(NC(=O)[C@@H]2CC(=O)N(c3n[nH]c4ccccc34)C2)c1. The predicted molar refractivity (Wildman–Crippen MR) is 96.4 cm³/mol. The summed E-state index contributed by atoms with van der Waals surface area (Å²) < 4.78 is 0. The lowest BCUT2D eigenvalue weighted by Crippen LogP contribution is -2.28. The number of aromatic amines is 1. The molecule has 0 aliphatic carbocycles. The molecular formula is C19H18N4O2. The summed E-state index contributed by atoms with van der Waals surface area (Å²) in [6.45, 7) is 2.31. The van der Waals surface area contributed by atoms with Crippen molar-refractivity contribution in [3.05, 3.63) is 54.1 Å². The number of H-pyrrole nitrogens is 1. The Hall–Kier alpha value is -3.15. The molecule has 1 atom stereocenters. The van der Waals surface area contributed by atoms with Crippen molar-refractivity contribution in [1.82, 2.24) is 10.2 Å². The number of hydrogen-bond donors (Lipinski definition) is 2. The number of fused-ring (bicyclic) bond motifs is 1. The van der Waals surface area contributed by atoms with Crippen LogP contribution in [-0.2, 0) is 9.59 Å². The van der Waals surface area contributed by atoms with Gasteiger partial charge in [0.05, 0.1) is 11.4 Å². The highest BCUT2D eigenvalue weighted by Crippen LogP contribution is 2.30. The van der Waals surface area contributed by atoms with Crippen LogP contribution in [0.4, 0.5) is 11.5 Å². The molecule has 2 heterocycles. The Morgan fingerprint density at radius 1 is 1.24 bits per heavy atom. The second-order valence-electron chi connectivity index (χ2n) is 6.36. The highest BCUT2D eigenvalue weighted by molar-refractivity contribution is 6.06. The summed E-state index contributed by atoms with van der Waals surface area (Å²) in [6.07, 6.45) is 0.193. The van der Waals surface area contributed by atoms with Crippen molar-refractivity contribution in [2.45, 2.75) is 13.3 Å². The van der Waals surface area contributed by atoms with E-state index in [1.165, 1.54) is 0 Å². The number of rotatable bonds is 3.